The maximum Gasteiger partial charge on any atom is -0.0111 e. The third kappa shape index (κ3) is 0.374. The highest BCUT2D eigenvalue weighted by molar-refractivity contribution is 5.18. The summed E-state index contributed by atoms with van der Waals surface area (Å²) in [6.45, 7) is 0. The summed E-state index contributed by atoms with van der Waals surface area (Å²) in [5.41, 5.74) is 4.81. The van der Waals surface area contributed by atoms with Crippen molar-refractivity contribution < 1.29 is 0 Å². The predicted molar refractivity (Wildman–Crippen MR) is 28.9 cm³/mol. The molecule has 1 fully saturated rings. The lowest BCUT2D eigenvalue weighted by molar-refractivity contribution is 0.699. The molecular formula is C7H8. The van der Waals surface area contributed by atoms with Gasteiger partial charge in [0.05, 0.1) is 0 Å². The van der Waals surface area contributed by atoms with Gasteiger partial charge in [0.1, 0.15) is 0 Å². The van der Waals surface area contributed by atoms with E-state index in [9.17, 15) is 0 Å². The fourth-order valence-electron chi connectivity index (χ4n) is 1.39. The molecule has 0 N–H and O–H groups in total. The highest BCUT2D eigenvalue weighted by Gasteiger charge is 2.19. The van der Waals surface area contributed by atoms with Gasteiger partial charge >= 0.3 is 0 Å². The van der Waals surface area contributed by atoms with Crippen LogP contribution in [0, 0.1) is 5.92 Å². The van der Waals surface area contributed by atoms with Crippen LogP contribution in [0.2, 0.25) is 0 Å². The first-order valence-electron chi connectivity index (χ1n) is 2.90. The van der Waals surface area contributed by atoms with E-state index in [4.69, 9.17) is 0 Å². The van der Waals surface area contributed by atoms with Crippen LogP contribution in [-0.4, -0.2) is 0 Å². The van der Waals surface area contributed by atoms with Gasteiger partial charge in [0.15, 0.2) is 0 Å². The Hall–Kier alpha value is -0.480. The van der Waals surface area contributed by atoms with Crippen molar-refractivity contribution in [3.63, 3.8) is 0 Å². The number of hydrogen-bond donors (Lipinski definition) is 0. The van der Waals surface area contributed by atoms with Crippen LogP contribution >= 0.6 is 0 Å². The Labute approximate surface area is 43.5 Å². The molecule has 0 aromatic heterocycles. The Balaban J connectivity index is 2.46. The number of allylic oxidation sites excluding steroid dienone is 1. The standard InChI is InChI=1S/C7H8/c1-2-7-4-3-6(1)5-7/h1,6H,3-5H2. The van der Waals surface area contributed by atoms with Gasteiger partial charge in [0, 0.05) is 0 Å². The molecular weight excluding hydrogens is 84.1 g/mol. The average Bonchev–Trinajstić information content (AvgIpc) is 2.22. The van der Waals surface area contributed by atoms with Crippen molar-refractivity contribution in [3.8, 4) is 0 Å². The maximum atomic E-state index is 3.25. The molecule has 0 heterocycles. The minimum atomic E-state index is 0.898. The zero-order valence-electron chi connectivity index (χ0n) is 4.28. The average molecular weight is 92.1 g/mol. The van der Waals surface area contributed by atoms with Gasteiger partial charge in [-0.25, -0.2) is 0 Å². The van der Waals surface area contributed by atoms with Crippen molar-refractivity contribution in [1.29, 1.82) is 0 Å². The number of rotatable bonds is 0. The fourth-order valence-corrected chi connectivity index (χ4v) is 1.39. The van der Waals surface area contributed by atoms with Crippen molar-refractivity contribution in [1.82, 2.24) is 0 Å². The van der Waals surface area contributed by atoms with E-state index < -0.39 is 0 Å². The third-order valence-corrected chi connectivity index (χ3v) is 1.85. The molecule has 7 heavy (non-hydrogen) atoms. The van der Waals surface area contributed by atoms with Crippen molar-refractivity contribution in [2.45, 2.75) is 19.3 Å². The van der Waals surface area contributed by atoms with Gasteiger partial charge in [0.25, 0.3) is 0 Å². The topological polar surface area (TPSA) is 0 Å². The molecule has 2 bridgehead atoms. The molecule has 0 heteroatoms. The first-order chi connectivity index (χ1) is 3.45. The molecule has 0 aliphatic heterocycles. The van der Waals surface area contributed by atoms with Crippen molar-refractivity contribution in [2.24, 2.45) is 5.92 Å². The summed E-state index contributed by atoms with van der Waals surface area (Å²) in [6, 6.07) is 0. The van der Waals surface area contributed by atoms with E-state index in [1.807, 2.05) is 0 Å². The minimum Gasteiger partial charge on any atom is -0.126 e. The molecule has 0 aromatic rings. The summed E-state index contributed by atoms with van der Waals surface area (Å²) < 4.78 is 0. The minimum absolute atomic E-state index is 0.898. The Bertz CT molecular complexity index is 143. The largest absolute Gasteiger partial charge is 0.126 e. The molecule has 0 amide bonds. The van der Waals surface area contributed by atoms with E-state index >= 15 is 0 Å². The van der Waals surface area contributed by atoms with E-state index in [1.165, 1.54) is 19.3 Å². The Morgan fingerprint density at radius 2 is 2.71 bits per heavy atom. The number of fused-ring (bicyclic) bond motifs is 2. The zero-order valence-corrected chi connectivity index (χ0v) is 4.28. The van der Waals surface area contributed by atoms with E-state index in [2.05, 4.69) is 11.8 Å². The lowest BCUT2D eigenvalue weighted by atomic mass is 10.1. The smallest absolute Gasteiger partial charge is 0.0111 e. The molecule has 1 unspecified atom stereocenters. The summed E-state index contributed by atoms with van der Waals surface area (Å²) in [5, 5.41) is 0. The molecule has 0 nitrogen and oxygen atoms in total. The lowest BCUT2D eigenvalue weighted by Crippen LogP contribution is -1.80. The van der Waals surface area contributed by atoms with Crippen LogP contribution < -0.4 is 0 Å². The van der Waals surface area contributed by atoms with Gasteiger partial charge < -0.3 is 0 Å². The lowest BCUT2D eigenvalue weighted by Gasteiger charge is -1.91. The fraction of sp³-hybridized carbons (Fsp3) is 0.571. The van der Waals surface area contributed by atoms with Crippen molar-refractivity contribution >= 4 is 0 Å². The monoisotopic (exact) mass is 92.1 g/mol. The van der Waals surface area contributed by atoms with Crippen molar-refractivity contribution in [3.05, 3.63) is 17.4 Å². The van der Waals surface area contributed by atoms with E-state index in [0.29, 0.717) is 0 Å². The molecule has 0 radical (unpaired) electrons. The molecule has 0 saturated heterocycles. The molecule has 2 rings (SSSR count). The molecule has 0 aromatic carbocycles. The molecule has 1 saturated carbocycles. The first-order valence-corrected chi connectivity index (χ1v) is 2.90. The predicted octanol–water partition coefficient (Wildman–Crippen LogP) is 1.88. The summed E-state index contributed by atoms with van der Waals surface area (Å²) in [6.07, 6.45) is 6.29. The van der Waals surface area contributed by atoms with Gasteiger partial charge in [-0.05, 0) is 36.8 Å². The van der Waals surface area contributed by atoms with Gasteiger partial charge in [-0.3, -0.25) is 0 Å². The van der Waals surface area contributed by atoms with Crippen LogP contribution in [0.3, 0.4) is 0 Å². The van der Waals surface area contributed by atoms with Crippen LogP contribution in [0.5, 0.6) is 0 Å². The van der Waals surface area contributed by atoms with E-state index in [0.717, 1.165) is 5.92 Å². The Morgan fingerprint density at radius 3 is 2.86 bits per heavy atom. The van der Waals surface area contributed by atoms with Gasteiger partial charge in [0.2, 0.25) is 0 Å². The molecule has 0 spiro atoms. The van der Waals surface area contributed by atoms with Crippen LogP contribution in [0.4, 0.5) is 0 Å². The second kappa shape index (κ2) is 1.02. The van der Waals surface area contributed by atoms with Gasteiger partial charge in [-0.2, -0.15) is 0 Å². The van der Waals surface area contributed by atoms with Gasteiger partial charge in [-0.15, -0.1) is 5.73 Å². The van der Waals surface area contributed by atoms with Gasteiger partial charge in [-0.1, -0.05) is 0 Å². The molecule has 2 aliphatic carbocycles. The molecule has 36 valence electrons. The molecule has 1 atom stereocenters. The first kappa shape index (κ1) is 3.51. The van der Waals surface area contributed by atoms with Crippen LogP contribution in [-0.2, 0) is 0 Å². The quantitative estimate of drug-likeness (QED) is 0.400. The highest BCUT2D eigenvalue weighted by Crippen LogP contribution is 2.34. The second-order valence-corrected chi connectivity index (χ2v) is 2.42. The van der Waals surface area contributed by atoms with E-state index in [-0.39, 0.29) is 0 Å². The van der Waals surface area contributed by atoms with Crippen molar-refractivity contribution in [2.75, 3.05) is 0 Å². The zero-order chi connectivity index (χ0) is 4.69. The third-order valence-electron chi connectivity index (χ3n) is 1.85. The summed E-state index contributed by atoms with van der Waals surface area (Å²) in [7, 11) is 0. The van der Waals surface area contributed by atoms with E-state index in [1.54, 1.807) is 5.57 Å². The Kier molecular flexibility index (Phi) is 0.511. The summed E-state index contributed by atoms with van der Waals surface area (Å²) in [5.74, 6) is 0.898. The van der Waals surface area contributed by atoms with Crippen LogP contribution in [0.1, 0.15) is 19.3 Å². The Morgan fingerprint density at radius 1 is 1.71 bits per heavy atom. The highest BCUT2D eigenvalue weighted by atomic mass is 14.2. The SMILES string of the molecule is C1=CC2CCC=1C2. The second-order valence-electron chi connectivity index (χ2n) is 2.42. The summed E-state index contributed by atoms with van der Waals surface area (Å²) >= 11 is 0. The van der Waals surface area contributed by atoms with Crippen LogP contribution in [0.15, 0.2) is 17.4 Å². The normalized spacial score (nSPS) is 34.3. The maximum absolute atomic E-state index is 3.25. The number of hydrogen-bond acceptors (Lipinski definition) is 0. The van der Waals surface area contributed by atoms with Crippen LogP contribution in [0.25, 0.3) is 0 Å². The molecule has 2 aliphatic rings. The summed E-state index contributed by atoms with van der Waals surface area (Å²) in [4.78, 5) is 0.